The highest BCUT2D eigenvalue weighted by Crippen LogP contribution is 2.30. The molecule has 1 amide bonds. The normalized spacial score (nSPS) is 16.5. The van der Waals surface area contributed by atoms with E-state index in [4.69, 9.17) is 0 Å². The van der Waals surface area contributed by atoms with Gasteiger partial charge in [0.15, 0.2) is 0 Å². The van der Waals surface area contributed by atoms with Crippen molar-refractivity contribution in [2.75, 3.05) is 16.8 Å². The van der Waals surface area contributed by atoms with Crippen LogP contribution in [-0.4, -0.2) is 25.1 Å². The zero-order chi connectivity index (χ0) is 17.8. The number of hydrogen-bond donors (Lipinski definition) is 1. The van der Waals surface area contributed by atoms with Crippen LogP contribution < -0.4 is 15.0 Å². The standard InChI is InChI=1S/C19H20F2N2O2/c1-13-6-7-14-4-2-3-5-17(14)23(13)12-18(24)22-15-8-10-16(11-9-15)25-19(20)21/h2-5,8-11,13,19H,6-7,12H2,1H3,(H,22,24). The van der Waals surface area contributed by atoms with Crippen molar-refractivity contribution in [2.24, 2.45) is 0 Å². The number of rotatable bonds is 5. The Labute approximate surface area is 145 Å². The summed E-state index contributed by atoms with van der Waals surface area (Å²) in [5, 5.41) is 2.80. The van der Waals surface area contributed by atoms with Gasteiger partial charge in [-0.3, -0.25) is 4.79 Å². The van der Waals surface area contributed by atoms with E-state index in [-0.39, 0.29) is 24.2 Å². The second-order valence-corrected chi connectivity index (χ2v) is 6.10. The van der Waals surface area contributed by atoms with Crippen molar-refractivity contribution in [1.82, 2.24) is 0 Å². The van der Waals surface area contributed by atoms with Crippen molar-refractivity contribution < 1.29 is 18.3 Å². The number of nitrogens with zero attached hydrogens (tertiary/aromatic N) is 1. The van der Waals surface area contributed by atoms with Crippen LogP contribution in [0.5, 0.6) is 5.75 Å². The zero-order valence-corrected chi connectivity index (χ0v) is 13.9. The fourth-order valence-electron chi connectivity index (χ4n) is 3.08. The van der Waals surface area contributed by atoms with Crippen molar-refractivity contribution in [3.8, 4) is 5.75 Å². The van der Waals surface area contributed by atoms with Gasteiger partial charge >= 0.3 is 6.61 Å². The summed E-state index contributed by atoms with van der Waals surface area (Å²) in [7, 11) is 0. The largest absolute Gasteiger partial charge is 0.435 e. The zero-order valence-electron chi connectivity index (χ0n) is 13.9. The molecule has 0 spiro atoms. The van der Waals surface area contributed by atoms with Crippen molar-refractivity contribution in [2.45, 2.75) is 32.4 Å². The van der Waals surface area contributed by atoms with E-state index in [2.05, 4.69) is 27.9 Å². The molecule has 1 heterocycles. The third-order valence-electron chi connectivity index (χ3n) is 4.34. The Morgan fingerprint density at radius 3 is 2.68 bits per heavy atom. The number of benzene rings is 2. The minimum absolute atomic E-state index is 0.0616. The molecule has 4 nitrogen and oxygen atoms in total. The van der Waals surface area contributed by atoms with Gasteiger partial charge in [-0.15, -0.1) is 0 Å². The topological polar surface area (TPSA) is 41.6 Å². The first kappa shape index (κ1) is 17.2. The summed E-state index contributed by atoms with van der Waals surface area (Å²) in [6, 6.07) is 14.3. The lowest BCUT2D eigenvalue weighted by molar-refractivity contribution is -0.115. The predicted octanol–water partition coefficient (Wildman–Crippen LogP) is 4.07. The first-order valence-electron chi connectivity index (χ1n) is 8.22. The van der Waals surface area contributed by atoms with Gasteiger partial charge in [0.2, 0.25) is 5.91 Å². The quantitative estimate of drug-likeness (QED) is 0.887. The maximum atomic E-state index is 12.4. The second kappa shape index (κ2) is 7.51. The second-order valence-electron chi connectivity index (χ2n) is 6.10. The van der Waals surface area contributed by atoms with Crippen LogP contribution in [0.2, 0.25) is 0 Å². The fourth-order valence-corrected chi connectivity index (χ4v) is 3.08. The van der Waals surface area contributed by atoms with Crippen LogP contribution >= 0.6 is 0 Å². The monoisotopic (exact) mass is 346 g/mol. The number of anilines is 2. The maximum Gasteiger partial charge on any atom is 0.387 e. The number of ether oxygens (including phenoxy) is 1. The van der Waals surface area contributed by atoms with Crippen molar-refractivity contribution in [3.05, 3.63) is 54.1 Å². The SMILES string of the molecule is CC1CCc2ccccc2N1CC(=O)Nc1ccc(OC(F)F)cc1. The molecule has 0 aromatic heterocycles. The van der Waals surface area contributed by atoms with Crippen molar-refractivity contribution >= 4 is 17.3 Å². The average molecular weight is 346 g/mol. The number of hydrogen-bond acceptors (Lipinski definition) is 3. The maximum absolute atomic E-state index is 12.4. The Morgan fingerprint density at radius 2 is 1.96 bits per heavy atom. The van der Waals surface area contributed by atoms with Gasteiger partial charge in [-0.25, -0.2) is 0 Å². The van der Waals surface area contributed by atoms with Gasteiger partial charge in [0.25, 0.3) is 0 Å². The number of carbonyl (C=O) groups is 1. The van der Waals surface area contributed by atoms with Crippen LogP contribution in [0.1, 0.15) is 18.9 Å². The fraction of sp³-hybridized carbons (Fsp3) is 0.316. The highest BCUT2D eigenvalue weighted by atomic mass is 19.3. The number of nitrogens with one attached hydrogen (secondary N) is 1. The first-order chi connectivity index (χ1) is 12.0. The number of aryl methyl sites for hydroxylation is 1. The van der Waals surface area contributed by atoms with Gasteiger partial charge < -0.3 is 15.0 Å². The summed E-state index contributed by atoms with van der Waals surface area (Å²) in [5.41, 5.74) is 2.89. The number of halogens is 2. The molecule has 0 fully saturated rings. The Morgan fingerprint density at radius 1 is 1.24 bits per heavy atom. The van der Waals surface area contributed by atoms with E-state index in [0.717, 1.165) is 18.5 Å². The van der Waals surface area contributed by atoms with Gasteiger partial charge in [-0.05, 0) is 55.7 Å². The van der Waals surface area contributed by atoms with Crippen LogP contribution in [0.4, 0.5) is 20.2 Å². The lowest BCUT2D eigenvalue weighted by Gasteiger charge is -2.36. The molecule has 0 aliphatic carbocycles. The Balaban J connectivity index is 1.64. The Bertz CT molecular complexity index is 734. The molecule has 1 N–H and O–H groups in total. The lowest BCUT2D eigenvalue weighted by Crippen LogP contribution is -2.42. The number of para-hydroxylation sites is 1. The van der Waals surface area contributed by atoms with E-state index in [0.29, 0.717) is 5.69 Å². The van der Waals surface area contributed by atoms with Gasteiger partial charge in [0, 0.05) is 17.4 Å². The van der Waals surface area contributed by atoms with E-state index in [9.17, 15) is 13.6 Å². The highest BCUT2D eigenvalue weighted by Gasteiger charge is 2.24. The van der Waals surface area contributed by atoms with E-state index < -0.39 is 6.61 Å². The molecule has 1 aliphatic rings. The predicted molar refractivity (Wildman–Crippen MR) is 93.3 cm³/mol. The first-order valence-corrected chi connectivity index (χ1v) is 8.22. The molecular weight excluding hydrogens is 326 g/mol. The molecule has 1 atom stereocenters. The molecule has 1 aliphatic heterocycles. The number of amides is 1. The molecule has 3 rings (SSSR count). The highest BCUT2D eigenvalue weighted by molar-refractivity contribution is 5.94. The molecule has 132 valence electrons. The smallest absolute Gasteiger partial charge is 0.387 e. The number of alkyl halides is 2. The summed E-state index contributed by atoms with van der Waals surface area (Å²) in [6.45, 7) is -0.506. The molecule has 0 saturated heterocycles. The van der Waals surface area contributed by atoms with Crippen LogP contribution in [0.25, 0.3) is 0 Å². The summed E-state index contributed by atoms with van der Waals surface area (Å²) in [5.74, 6) is -0.0855. The number of carbonyl (C=O) groups excluding carboxylic acids is 1. The molecule has 0 radical (unpaired) electrons. The molecule has 0 bridgehead atoms. The average Bonchev–Trinajstić information content (AvgIpc) is 2.59. The van der Waals surface area contributed by atoms with E-state index >= 15 is 0 Å². The van der Waals surface area contributed by atoms with Gasteiger partial charge in [-0.1, -0.05) is 18.2 Å². The molecule has 0 saturated carbocycles. The molecular formula is C19H20F2N2O2. The lowest BCUT2D eigenvalue weighted by atomic mass is 9.96. The van der Waals surface area contributed by atoms with Gasteiger partial charge in [0.1, 0.15) is 5.75 Å². The van der Waals surface area contributed by atoms with Gasteiger partial charge in [-0.2, -0.15) is 8.78 Å². The van der Waals surface area contributed by atoms with E-state index in [1.807, 2.05) is 18.2 Å². The van der Waals surface area contributed by atoms with Gasteiger partial charge in [0.05, 0.1) is 6.54 Å². The van der Waals surface area contributed by atoms with E-state index in [1.165, 1.54) is 17.7 Å². The summed E-state index contributed by atoms with van der Waals surface area (Å²) in [6.07, 6.45) is 2.02. The van der Waals surface area contributed by atoms with Crippen LogP contribution in [0.3, 0.4) is 0 Å². The van der Waals surface area contributed by atoms with Crippen LogP contribution in [0, 0.1) is 0 Å². The molecule has 25 heavy (non-hydrogen) atoms. The van der Waals surface area contributed by atoms with Crippen molar-refractivity contribution in [1.29, 1.82) is 0 Å². The molecule has 2 aromatic carbocycles. The summed E-state index contributed by atoms with van der Waals surface area (Å²) < 4.78 is 28.6. The Hall–Kier alpha value is -2.63. The summed E-state index contributed by atoms with van der Waals surface area (Å²) in [4.78, 5) is 14.5. The third-order valence-corrected chi connectivity index (χ3v) is 4.34. The molecule has 2 aromatic rings. The Kier molecular flexibility index (Phi) is 5.16. The van der Waals surface area contributed by atoms with Crippen molar-refractivity contribution in [3.63, 3.8) is 0 Å². The van der Waals surface area contributed by atoms with Crippen LogP contribution in [0.15, 0.2) is 48.5 Å². The minimum atomic E-state index is -2.86. The number of fused-ring (bicyclic) bond motifs is 1. The molecule has 1 unspecified atom stereocenters. The minimum Gasteiger partial charge on any atom is -0.435 e. The van der Waals surface area contributed by atoms with E-state index in [1.54, 1.807) is 12.1 Å². The molecule has 6 heteroatoms. The third kappa shape index (κ3) is 4.26. The van der Waals surface area contributed by atoms with Crippen LogP contribution in [-0.2, 0) is 11.2 Å². The summed E-state index contributed by atoms with van der Waals surface area (Å²) >= 11 is 0.